The second kappa shape index (κ2) is 6.60. The third kappa shape index (κ3) is 3.37. The van der Waals surface area contributed by atoms with E-state index in [0.29, 0.717) is 23.2 Å². The number of hydrogen-bond donors (Lipinski definition) is 3. The Labute approximate surface area is 145 Å². The Morgan fingerprint density at radius 2 is 2.08 bits per heavy atom. The molecule has 0 bridgehead atoms. The van der Waals surface area contributed by atoms with E-state index in [1.165, 1.54) is 6.07 Å². The zero-order valence-electron chi connectivity index (χ0n) is 13.7. The monoisotopic (exact) mass is 339 g/mol. The number of fused-ring (bicyclic) bond motifs is 1. The summed E-state index contributed by atoms with van der Waals surface area (Å²) < 4.78 is 5.41. The quantitative estimate of drug-likeness (QED) is 0.448. The van der Waals surface area contributed by atoms with Crippen LogP contribution in [0.15, 0.2) is 36.4 Å². The first-order chi connectivity index (χ1) is 11.9. The minimum Gasteiger partial charge on any atom is -0.535 e. The molecule has 2 aromatic carbocycles. The predicted octanol–water partition coefficient (Wildman–Crippen LogP) is 2.33. The summed E-state index contributed by atoms with van der Waals surface area (Å²) in [6.45, 7) is 1.86. The number of carbonyl (C=O) groups excluding carboxylic acids is 1. The Bertz CT molecular complexity index is 851. The van der Waals surface area contributed by atoms with Crippen molar-refractivity contribution >= 4 is 24.6 Å². The average molecular weight is 339 g/mol. The smallest absolute Gasteiger partial charge is 0.526 e. The summed E-state index contributed by atoms with van der Waals surface area (Å²) in [6.07, 6.45) is 0.450. The van der Waals surface area contributed by atoms with Crippen LogP contribution in [0, 0.1) is 6.92 Å². The van der Waals surface area contributed by atoms with Gasteiger partial charge in [-0.25, -0.2) is 4.79 Å². The van der Waals surface area contributed by atoms with Crippen LogP contribution in [0.5, 0.6) is 5.75 Å². The molecule has 0 unspecified atom stereocenters. The third-order valence-electron chi connectivity index (χ3n) is 4.50. The van der Waals surface area contributed by atoms with Crippen LogP contribution in [0.1, 0.15) is 38.3 Å². The number of aromatic carboxylic acids is 1. The topological polar surface area (TPSA) is 110 Å². The lowest BCUT2D eigenvalue weighted by Gasteiger charge is -2.28. The molecule has 1 heterocycles. The molecule has 0 fully saturated rings. The molecule has 3 rings (SSSR count). The number of carboxylic acids is 1. The molecule has 6 nitrogen and oxygen atoms in total. The highest BCUT2D eigenvalue weighted by Gasteiger charge is 2.37. The van der Waals surface area contributed by atoms with Crippen LogP contribution >= 0.6 is 0 Å². The van der Waals surface area contributed by atoms with Crippen molar-refractivity contribution in [2.45, 2.75) is 25.6 Å². The van der Waals surface area contributed by atoms with E-state index in [4.69, 9.17) is 10.4 Å². The number of anilines is 1. The molecule has 0 spiro atoms. The number of carbonyl (C=O) groups is 2. The molecule has 0 aliphatic carbocycles. The largest absolute Gasteiger partial charge is 0.535 e. The zero-order chi connectivity index (χ0) is 18.1. The van der Waals surface area contributed by atoms with E-state index in [1.54, 1.807) is 30.3 Å². The van der Waals surface area contributed by atoms with E-state index in [1.807, 2.05) is 6.92 Å². The normalized spacial score (nSPS) is 16.1. The number of para-hydroxylation sites is 1. The molecule has 0 saturated carbocycles. The standard InChI is InChI=1S/C18H18BNO5/c1-10-5-6-11(8-15(10)20)16(21)9-13-7-12-3-2-4-14(18(22)23)17(12)25-19(13)24/h2-6,8,13,24H,7,9,20H2,1H3,(H,22,23)/t13-/m1/s1. The number of nitrogen functional groups attached to an aromatic ring is 1. The third-order valence-corrected chi connectivity index (χ3v) is 4.50. The molecular weight excluding hydrogens is 321 g/mol. The molecule has 2 aromatic rings. The van der Waals surface area contributed by atoms with Gasteiger partial charge in [-0.2, -0.15) is 0 Å². The molecule has 0 aromatic heterocycles. The Morgan fingerprint density at radius 1 is 1.32 bits per heavy atom. The van der Waals surface area contributed by atoms with Crippen molar-refractivity contribution in [1.82, 2.24) is 0 Å². The fraction of sp³-hybridized carbons (Fsp3) is 0.222. The Kier molecular flexibility index (Phi) is 4.50. The van der Waals surface area contributed by atoms with Gasteiger partial charge in [0.15, 0.2) is 5.78 Å². The van der Waals surface area contributed by atoms with Gasteiger partial charge in [0.25, 0.3) is 0 Å². The van der Waals surface area contributed by atoms with Crippen LogP contribution in [-0.4, -0.2) is 29.0 Å². The Morgan fingerprint density at radius 3 is 2.76 bits per heavy atom. The number of benzene rings is 2. The van der Waals surface area contributed by atoms with Crippen molar-refractivity contribution in [3.05, 3.63) is 58.7 Å². The SMILES string of the molecule is Cc1ccc(C(=O)C[C@H]2Cc3cccc(C(=O)O)c3OB2O)cc1N. The van der Waals surface area contributed by atoms with Gasteiger partial charge in [-0.15, -0.1) is 0 Å². The minimum atomic E-state index is -1.24. The average Bonchev–Trinajstić information content (AvgIpc) is 2.57. The molecule has 128 valence electrons. The van der Waals surface area contributed by atoms with Gasteiger partial charge in [-0.05, 0) is 36.6 Å². The summed E-state index contributed by atoms with van der Waals surface area (Å²) >= 11 is 0. The van der Waals surface area contributed by atoms with Crippen molar-refractivity contribution in [2.75, 3.05) is 5.73 Å². The number of carboxylic acid groups (broad SMARTS) is 1. The van der Waals surface area contributed by atoms with Gasteiger partial charge < -0.3 is 20.5 Å². The number of Topliss-reactive ketones (excluding diaryl/α,β-unsaturated/α-hetero) is 1. The minimum absolute atomic E-state index is 0.00707. The van der Waals surface area contributed by atoms with Crippen LogP contribution in [0.3, 0.4) is 0 Å². The van der Waals surface area contributed by atoms with Crippen molar-refractivity contribution in [1.29, 1.82) is 0 Å². The lowest BCUT2D eigenvalue weighted by Crippen LogP contribution is -2.35. The summed E-state index contributed by atoms with van der Waals surface area (Å²) in [7, 11) is -1.24. The molecule has 1 aliphatic rings. The highest BCUT2D eigenvalue weighted by Crippen LogP contribution is 2.36. The first-order valence-electron chi connectivity index (χ1n) is 7.96. The summed E-state index contributed by atoms with van der Waals surface area (Å²) in [5.74, 6) is -1.54. The molecule has 0 amide bonds. The lowest BCUT2D eigenvalue weighted by atomic mass is 9.64. The Balaban J connectivity index is 1.80. The maximum absolute atomic E-state index is 12.5. The van der Waals surface area contributed by atoms with E-state index in [-0.39, 0.29) is 23.5 Å². The van der Waals surface area contributed by atoms with Crippen LogP contribution in [-0.2, 0) is 6.42 Å². The van der Waals surface area contributed by atoms with E-state index in [0.717, 1.165) is 5.56 Å². The number of ketones is 1. The second-order valence-electron chi connectivity index (χ2n) is 6.27. The molecule has 7 heteroatoms. The van der Waals surface area contributed by atoms with Gasteiger partial charge in [0.1, 0.15) is 5.75 Å². The van der Waals surface area contributed by atoms with Crippen LogP contribution in [0.25, 0.3) is 0 Å². The van der Waals surface area contributed by atoms with E-state index >= 15 is 0 Å². The molecular formula is C18H18BNO5. The van der Waals surface area contributed by atoms with Crippen LogP contribution < -0.4 is 10.4 Å². The molecule has 0 saturated heterocycles. The maximum Gasteiger partial charge on any atom is 0.526 e. The lowest BCUT2D eigenvalue weighted by molar-refractivity contribution is 0.0693. The van der Waals surface area contributed by atoms with Gasteiger partial charge in [0, 0.05) is 23.5 Å². The van der Waals surface area contributed by atoms with E-state index in [9.17, 15) is 19.7 Å². The number of hydrogen-bond acceptors (Lipinski definition) is 5. The number of rotatable bonds is 4. The highest BCUT2D eigenvalue weighted by atomic mass is 16.5. The van der Waals surface area contributed by atoms with Crippen LogP contribution in [0.4, 0.5) is 5.69 Å². The number of nitrogens with two attached hydrogens (primary N) is 1. The molecule has 4 N–H and O–H groups in total. The molecule has 1 atom stereocenters. The van der Waals surface area contributed by atoms with Gasteiger partial charge in [-0.3, -0.25) is 4.79 Å². The van der Waals surface area contributed by atoms with Crippen molar-refractivity contribution in [3.8, 4) is 5.75 Å². The molecule has 0 radical (unpaired) electrons. The van der Waals surface area contributed by atoms with Crippen molar-refractivity contribution < 1.29 is 24.4 Å². The summed E-state index contributed by atoms with van der Waals surface area (Å²) in [5.41, 5.74) is 8.45. The molecule has 1 aliphatic heterocycles. The van der Waals surface area contributed by atoms with Crippen molar-refractivity contribution in [2.24, 2.45) is 0 Å². The van der Waals surface area contributed by atoms with E-state index < -0.39 is 18.9 Å². The number of aryl methyl sites for hydroxylation is 1. The summed E-state index contributed by atoms with van der Waals surface area (Å²) in [6, 6.07) is 9.92. The summed E-state index contributed by atoms with van der Waals surface area (Å²) in [5, 5.41) is 19.4. The van der Waals surface area contributed by atoms with Crippen molar-refractivity contribution in [3.63, 3.8) is 0 Å². The first kappa shape index (κ1) is 17.0. The Hall–Kier alpha value is -2.80. The molecule has 25 heavy (non-hydrogen) atoms. The maximum atomic E-state index is 12.5. The van der Waals surface area contributed by atoms with Crippen LogP contribution in [0.2, 0.25) is 5.82 Å². The second-order valence-corrected chi connectivity index (χ2v) is 6.27. The highest BCUT2D eigenvalue weighted by molar-refractivity contribution is 6.47. The van der Waals surface area contributed by atoms with Gasteiger partial charge in [0.2, 0.25) is 0 Å². The van der Waals surface area contributed by atoms with Gasteiger partial charge >= 0.3 is 13.1 Å². The van der Waals surface area contributed by atoms with Gasteiger partial charge in [0.05, 0.1) is 5.56 Å². The predicted molar refractivity (Wildman–Crippen MR) is 94.0 cm³/mol. The fourth-order valence-electron chi connectivity index (χ4n) is 3.00. The van der Waals surface area contributed by atoms with E-state index in [2.05, 4.69) is 0 Å². The fourth-order valence-corrected chi connectivity index (χ4v) is 3.00. The summed E-state index contributed by atoms with van der Waals surface area (Å²) in [4.78, 5) is 23.7. The van der Waals surface area contributed by atoms with Gasteiger partial charge in [-0.1, -0.05) is 24.3 Å². The first-order valence-corrected chi connectivity index (χ1v) is 7.96. The zero-order valence-corrected chi connectivity index (χ0v) is 13.7.